The topological polar surface area (TPSA) is 40.5 Å². The molecule has 0 aliphatic heterocycles. The van der Waals surface area contributed by atoms with Gasteiger partial charge in [0.1, 0.15) is 5.75 Å². The standard InChI is InChI=1S/C10H7O2.Na/c11-8-5-1-3-7-4-2-6-9(12)10(7)8;/h1,3-6,11-12H;/q-1;+1. The van der Waals surface area contributed by atoms with Gasteiger partial charge in [0.25, 0.3) is 0 Å². The molecule has 60 valence electrons. The molecule has 2 aromatic carbocycles. The summed E-state index contributed by atoms with van der Waals surface area (Å²) >= 11 is 0. The van der Waals surface area contributed by atoms with E-state index in [0.29, 0.717) is 5.39 Å². The number of hydrogen-bond acceptors (Lipinski definition) is 2. The maximum atomic E-state index is 9.38. The van der Waals surface area contributed by atoms with E-state index >= 15 is 0 Å². The van der Waals surface area contributed by atoms with Crippen LogP contribution in [0.4, 0.5) is 0 Å². The maximum Gasteiger partial charge on any atom is 1.00 e. The van der Waals surface area contributed by atoms with Gasteiger partial charge in [-0.15, -0.1) is 17.5 Å². The summed E-state index contributed by atoms with van der Waals surface area (Å²) in [4.78, 5) is 0. The number of hydrogen-bond donors (Lipinski definition) is 2. The van der Waals surface area contributed by atoms with Crippen molar-refractivity contribution in [3.8, 4) is 11.5 Å². The molecular weight excluding hydrogens is 175 g/mol. The third-order valence-electron chi connectivity index (χ3n) is 1.79. The first kappa shape index (κ1) is 10.4. The van der Waals surface area contributed by atoms with Gasteiger partial charge >= 0.3 is 29.6 Å². The van der Waals surface area contributed by atoms with E-state index in [1.54, 1.807) is 18.2 Å². The summed E-state index contributed by atoms with van der Waals surface area (Å²) in [6.45, 7) is 0. The van der Waals surface area contributed by atoms with E-state index in [9.17, 15) is 10.2 Å². The number of rotatable bonds is 0. The zero-order valence-corrected chi connectivity index (χ0v) is 9.28. The van der Waals surface area contributed by atoms with E-state index in [0.717, 1.165) is 5.39 Å². The van der Waals surface area contributed by atoms with Crippen molar-refractivity contribution in [2.75, 3.05) is 0 Å². The summed E-state index contributed by atoms with van der Waals surface area (Å²) in [5, 5.41) is 20.0. The molecule has 0 aliphatic rings. The van der Waals surface area contributed by atoms with E-state index in [2.05, 4.69) is 6.07 Å². The van der Waals surface area contributed by atoms with Crippen LogP contribution in [-0.2, 0) is 0 Å². The first-order chi connectivity index (χ1) is 5.79. The molecule has 0 saturated carbocycles. The summed E-state index contributed by atoms with van der Waals surface area (Å²) in [5.74, 6) is 0.157. The van der Waals surface area contributed by atoms with Crippen molar-refractivity contribution in [2.45, 2.75) is 0 Å². The van der Waals surface area contributed by atoms with Crippen LogP contribution in [0, 0.1) is 6.07 Å². The van der Waals surface area contributed by atoms with Crippen LogP contribution in [-0.4, -0.2) is 10.2 Å². The summed E-state index contributed by atoms with van der Waals surface area (Å²) in [6, 6.07) is 11.0. The van der Waals surface area contributed by atoms with E-state index in [-0.39, 0.29) is 41.1 Å². The Morgan fingerprint density at radius 1 is 1.00 bits per heavy atom. The van der Waals surface area contributed by atoms with Crippen molar-refractivity contribution in [3.05, 3.63) is 36.4 Å². The number of phenols is 2. The van der Waals surface area contributed by atoms with Gasteiger partial charge in [0.15, 0.2) is 0 Å². The normalized spacial score (nSPS) is 9.54. The van der Waals surface area contributed by atoms with E-state index < -0.39 is 0 Å². The van der Waals surface area contributed by atoms with Crippen molar-refractivity contribution in [1.82, 2.24) is 0 Å². The zero-order chi connectivity index (χ0) is 8.55. The Balaban J connectivity index is 0.000000845. The molecule has 3 heteroatoms. The monoisotopic (exact) mass is 182 g/mol. The molecule has 0 heterocycles. The Morgan fingerprint density at radius 2 is 1.77 bits per heavy atom. The second-order valence-corrected chi connectivity index (χ2v) is 2.58. The minimum absolute atomic E-state index is 0. The number of phenolic OH excluding ortho intramolecular Hbond substituents is 2. The van der Waals surface area contributed by atoms with Gasteiger partial charge in [-0.25, -0.2) is 0 Å². The largest absolute Gasteiger partial charge is 1.00 e. The Morgan fingerprint density at radius 3 is 2.46 bits per heavy atom. The molecule has 0 radical (unpaired) electrons. The second kappa shape index (κ2) is 4.01. The first-order valence-electron chi connectivity index (χ1n) is 3.60. The molecule has 0 bridgehead atoms. The van der Waals surface area contributed by atoms with E-state index in [4.69, 9.17) is 0 Å². The molecule has 0 unspecified atom stereocenters. The van der Waals surface area contributed by atoms with Crippen molar-refractivity contribution >= 4 is 10.8 Å². The van der Waals surface area contributed by atoms with Crippen LogP contribution in [0.25, 0.3) is 10.8 Å². The molecule has 0 aromatic heterocycles. The molecule has 0 atom stereocenters. The fraction of sp³-hybridized carbons (Fsp3) is 0. The second-order valence-electron chi connectivity index (χ2n) is 2.58. The smallest absolute Gasteiger partial charge is 0.565 e. The predicted molar refractivity (Wildman–Crippen MR) is 46.1 cm³/mol. The molecule has 0 saturated heterocycles. The molecule has 2 nitrogen and oxygen atoms in total. The first-order valence-corrected chi connectivity index (χ1v) is 3.60. The number of benzene rings is 2. The van der Waals surface area contributed by atoms with Crippen molar-refractivity contribution in [1.29, 1.82) is 0 Å². The molecule has 0 aliphatic carbocycles. The molecule has 0 amide bonds. The number of fused-ring (bicyclic) bond motifs is 1. The van der Waals surface area contributed by atoms with Crippen molar-refractivity contribution in [2.24, 2.45) is 0 Å². The fourth-order valence-corrected chi connectivity index (χ4v) is 1.24. The molecular formula is C10H7NaO2. The van der Waals surface area contributed by atoms with Crippen LogP contribution in [0.15, 0.2) is 30.3 Å². The summed E-state index contributed by atoms with van der Waals surface area (Å²) in [5.41, 5.74) is 0. The van der Waals surface area contributed by atoms with E-state index in [1.807, 2.05) is 6.07 Å². The third kappa shape index (κ3) is 1.80. The summed E-state index contributed by atoms with van der Waals surface area (Å²) < 4.78 is 0. The Labute approximate surface area is 98.1 Å². The summed E-state index contributed by atoms with van der Waals surface area (Å²) in [6.07, 6.45) is 0. The van der Waals surface area contributed by atoms with Gasteiger partial charge in [0.2, 0.25) is 0 Å². The van der Waals surface area contributed by atoms with Crippen LogP contribution >= 0.6 is 0 Å². The quantitative estimate of drug-likeness (QED) is 0.407. The third-order valence-corrected chi connectivity index (χ3v) is 1.79. The fourth-order valence-electron chi connectivity index (χ4n) is 1.24. The molecule has 0 spiro atoms. The SMILES string of the molecule is Oc1c[c-]cc2cccc(O)c12.[Na+]. The Hall–Kier alpha value is -0.700. The van der Waals surface area contributed by atoms with Gasteiger partial charge < -0.3 is 10.2 Å². The van der Waals surface area contributed by atoms with Crippen molar-refractivity contribution in [3.63, 3.8) is 0 Å². The van der Waals surface area contributed by atoms with Gasteiger partial charge in [-0.05, 0) is 11.5 Å². The minimum atomic E-state index is 0. The van der Waals surface area contributed by atoms with Gasteiger partial charge in [0.05, 0.1) is 0 Å². The van der Waals surface area contributed by atoms with E-state index in [1.165, 1.54) is 6.07 Å². The van der Waals surface area contributed by atoms with Crippen LogP contribution in [0.1, 0.15) is 0 Å². The summed E-state index contributed by atoms with van der Waals surface area (Å²) in [7, 11) is 0. The molecule has 2 aromatic rings. The van der Waals surface area contributed by atoms with Crippen LogP contribution < -0.4 is 29.6 Å². The zero-order valence-electron chi connectivity index (χ0n) is 7.28. The Kier molecular flexibility index (Phi) is 3.20. The van der Waals surface area contributed by atoms with Gasteiger partial charge in [-0.3, -0.25) is 0 Å². The average molecular weight is 182 g/mol. The number of aromatic hydroxyl groups is 2. The average Bonchev–Trinajstić information content (AvgIpc) is 2.04. The van der Waals surface area contributed by atoms with Gasteiger partial charge in [-0.1, -0.05) is 6.07 Å². The molecule has 13 heavy (non-hydrogen) atoms. The Bertz CT molecular complexity index is 389. The molecule has 2 N–H and O–H groups in total. The van der Waals surface area contributed by atoms with Gasteiger partial charge in [0, 0.05) is 5.75 Å². The van der Waals surface area contributed by atoms with Crippen LogP contribution in [0.5, 0.6) is 11.5 Å². The minimum Gasteiger partial charge on any atom is -0.565 e. The molecule has 0 fully saturated rings. The van der Waals surface area contributed by atoms with Crippen LogP contribution in [0.3, 0.4) is 0 Å². The van der Waals surface area contributed by atoms with Crippen LogP contribution in [0.2, 0.25) is 0 Å². The predicted octanol–water partition coefficient (Wildman–Crippen LogP) is -0.945. The van der Waals surface area contributed by atoms with Gasteiger partial charge in [-0.2, -0.15) is 12.1 Å². The molecule has 2 rings (SSSR count). The van der Waals surface area contributed by atoms with Crippen molar-refractivity contribution < 1.29 is 39.8 Å². The maximum absolute atomic E-state index is 9.38.